The molecule has 0 unspecified atom stereocenters. The fraction of sp³-hybridized carbons (Fsp3) is 0.133. The van der Waals surface area contributed by atoms with Gasteiger partial charge >= 0.3 is 0 Å². The topological polar surface area (TPSA) is 17.8 Å². The summed E-state index contributed by atoms with van der Waals surface area (Å²) in [6.45, 7) is 0. The summed E-state index contributed by atoms with van der Waals surface area (Å²) >= 11 is 13.6. The lowest BCUT2D eigenvalue weighted by Gasteiger charge is -2.03. The van der Waals surface area contributed by atoms with Crippen LogP contribution in [0.15, 0.2) is 47.4 Å². The fourth-order valence-electron chi connectivity index (χ4n) is 2.03. The van der Waals surface area contributed by atoms with E-state index in [1.807, 2.05) is 49.5 Å². The van der Waals surface area contributed by atoms with Gasteiger partial charge in [0.2, 0.25) is 0 Å². The van der Waals surface area contributed by atoms with Crippen molar-refractivity contribution in [3.05, 3.63) is 58.3 Å². The Morgan fingerprint density at radius 3 is 2.50 bits per heavy atom. The average Bonchev–Trinajstić information content (AvgIpc) is 2.74. The van der Waals surface area contributed by atoms with Crippen molar-refractivity contribution in [2.75, 3.05) is 0 Å². The number of thioether (sulfide) groups is 1. The van der Waals surface area contributed by atoms with Gasteiger partial charge in [-0.05, 0) is 42.5 Å². The molecule has 0 bridgehead atoms. The maximum atomic E-state index is 6.00. The third-order valence-corrected chi connectivity index (χ3v) is 4.61. The van der Waals surface area contributed by atoms with Gasteiger partial charge in [-0.15, -0.1) is 11.8 Å². The number of rotatable bonds is 3. The highest BCUT2D eigenvalue weighted by Crippen LogP contribution is 2.26. The lowest BCUT2D eigenvalue weighted by atomic mass is 10.3. The van der Waals surface area contributed by atoms with Crippen LogP contribution in [0.2, 0.25) is 10.0 Å². The fourth-order valence-corrected chi connectivity index (χ4v) is 3.21. The van der Waals surface area contributed by atoms with E-state index in [-0.39, 0.29) is 0 Å². The highest BCUT2D eigenvalue weighted by Gasteiger charge is 2.08. The van der Waals surface area contributed by atoms with Gasteiger partial charge in [-0.1, -0.05) is 23.2 Å². The highest BCUT2D eigenvalue weighted by atomic mass is 35.5. The summed E-state index contributed by atoms with van der Waals surface area (Å²) < 4.78 is 2.11. The van der Waals surface area contributed by atoms with E-state index in [0.29, 0.717) is 5.02 Å². The number of hydrogen-bond donors (Lipinski definition) is 0. The molecular formula is C15H12Cl2N2S. The molecule has 20 heavy (non-hydrogen) atoms. The Hall–Kier alpha value is -1.16. The predicted octanol–water partition coefficient (Wildman–Crippen LogP) is 5.17. The minimum atomic E-state index is 0.715. The molecule has 0 aliphatic carbocycles. The van der Waals surface area contributed by atoms with Crippen LogP contribution in [0.25, 0.3) is 11.0 Å². The van der Waals surface area contributed by atoms with Crippen molar-refractivity contribution >= 4 is 46.0 Å². The van der Waals surface area contributed by atoms with Crippen LogP contribution in [-0.2, 0) is 12.8 Å². The van der Waals surface area contributed by atoms with E-state index in [0.717, 1.165) is 27.6 Å². The van der Waals surface area contributed by atoms with Gasteiger partial charge in [0.1, 0.15) is 5.82 Å². The monoisotopic (exact) mass is 322 g/mol. The van der Waals surface area contributed by atoms with Gasteiger partial charge in [-0.3, -0.25) is 0 Å². The van der Waals surface area contributed by atoms with Crippen molar-refractivity contribution in [2.24, 2.45) is 7.05 Å². The number of fused-ring (bicyclic) bond motifs is 1. The van der Waals surface area contributed by atoms with Crippen LogP contribution >= 0.6 is 35.0 Å². The Labute approximate surface area is 131 Å². The van der Waals surface area contributed by atoms with E-state index in [2.05, 4.69) is 9.55 Å². The van der Waals surface area contributed by atoms with Crippen molar-refractivity contribution in [1.29, 1.82) is 0 Å². The van der Waals surface area contributed by atoms with E-state index < -0.39 is 0 Å². The maximum Gasteiger partial charge on any atom is 0.120 e. The summed E-state index contributed by atoms with van der Waals surface area (Å²) in [6, 6.07) is 13.6. The SMILES string of the molecule is Cn1c(CSc2ccc(Cl)cc2)nc2cc(Cl)ccc21. The number of nitrogens with zero attached hydrogens (tertiary/aromatic N) is 2. The van der Waals surface area contributed by atoms with Crippen molar-refractivity contribution in [3.8, 4) is 0 Å². The standard InChI is InChI=1S/C15H12Cl2N2S/c1-19-14-7-4-11(17)8-13(14)18-15(19)9-20-12-5-2-10(16)3-6-12/h2-8H,9H2,1H3. The third-order valence-electron chi connectivity index (χ3n) is 3.12. The van der Waals surface area contributed by atoms with E-state index in [9.17, 15) is 0 Å². The Morgan fingerprint density at radius 2 is 1.75 bits per heavy atom. The maximum absolute atomic E-state index is 6.00. The molecule has 3 rings (SSSR count). The second kappa shape index (κ2) is 5.68. The summed E-state index contributed by atoms with van der Waals surface area (Å²) in [6.07, 6.45) is 0. The summed E-state index contributed by atoms with van der Waals surface area (Å²) in [5.74, 6) is 1.84. The number of halogens is 2. The molecule has 0 aliphatic rings. The molecule has 0 spiro atoms. The number of aryl methyl sites for hydroxylation is 1. The number of hydrogen-bond acceptors (Lipinski definition) is 2. The number of aromatic nitrogens is 2. The minimum absolute atomic E-state index is 0.715. The summed E-state index contributed by atoms with van der Waals surface area (Å²) in [7, 11) is 2.03. The Kier molecular flexibility index (Phi) is 3.92. The normalized spacial score (nSPS) is 11.2. The van der Waals surface area contributed by atoms with Gasteiger partial charge in [0.15, 0.2) is 0 Å². The van der Waals surface area contributed by atoms with Gasteiger partial charge in [-0.2, -0.15) is 0 Å². The smallest absolute Gasteiger partial charge is 0.120 e. The molecule has 3 aromatic rings. The Bertz CT molecular complexity index is 750. The van der Waals surface area contributed by atoms with Crippen molar-refractivity contribution in [3.63, 3.8) is 0 Å². The molecule has 0 aliphatic heterocycles. The first-order chi connectivity index (χ1) is 9.63. The molecule has 0 atom stereocenters. The second-order valence-electron chi connectivity index (χ2n) is 4.46. The molecule has 0 saturated carbocycles. The molecule has 0 saturated heterocycles. The molecule has 102 valence electrons. The summed E-state index contributed by atoms with van der Waals surface area (Å²) in [5, 5.41) is 1.47. The lowest BCUT2D eigenvalue weighted by molar-refractivity contribution is 0.876. The molecule has 2 nitrogen and oxygen atoms in total. The molecule has 0 N–H and O–H groups in total. The molecule has 1 heterocycles. The van der Waals surface area contributed by atoms with Gasteiger partial charge in [0.05, 0.1) is 16.8 Å². The van der Waals surface area contributed by atoms with E-state index in [1.165, 1.54) is 4.90 Å². The molecular weight excluding hydrogens is 311 g/mol. The van der Waals surface area contributed by atoms with Crippen LogP contribution in [0.4, 0.5) is 0 Å². The molecule has 1 aromatic heterocycles. The molecule has 0 radical (unpaired) electrons. The van der Waals surface area contributed by atoms with E-state index in [4.69, 9.17) is 23.2 Å². The molecule has 2 aromatic carbocycles. The van der Waals surface area contributed by atoms with Crippen LogP contribution < -0.4 is 0 Å². The Balaban J connectivity index is 1.84. The zero-order chi connectivity index (χ0) is 14.1. The van der Waals surface area contributed by atoms with Gasteiger partial charge in [-0.25, -0.2) is 4.98 Å². The van der Waals surface area contributed by atoms with Crippen molar-refractivity contribution in [1.82, 2.24) is 9.55 Å². The quantitative estimate of drug-likeness (QED) is 0.619. The minimum Gasteiger partial charge on any atom is -0.330 e. The zero-order valence-corrected chi connectivity index (χ0v) is 13.1. The average molecular weight is 323 g/mol. The third kappa shape index (κ3) is 2.80. The molecule has 0 fully saturated rings. The van der Waals surface area contributed by atoms with Gasteiger partial charge in [0, 0.05) is 22.0 Å². The largest absolute Gasteiger partial charge is 0.330 e. The summed E-state index contributed by atoms with van der Waals surface area (Å²) in [4.78, 5) is 5.82. The van der Waals surface area contributed by atoms with Crippen LogP contribution in [0.1, 0.15) is 5.82 Å². The first-order valence-electron chi connectivity index (χ1n) is 6.13. The first-order valence-corrected chi connectivity index (χ1v) is 7.87. The van der Waals surface area contributed by atoms with Gasteiger partial charge < -0.3 is 4.57 Å². The van der Waals surface area contributed by atoms with Crippen molar-refractivity contribution < 1.29 is 0 Å². The molecule has 5 heteroatoms. The van der Waals surface area contributed by atoms with Gasteiger partial charge in [0.25, 0.3) is 0 Å². The van der Waals surface area contributed by atoms with E-state index in [1.54, 1.807) is 11.8 Å². The molecule has 0 amide bonds. The first kappa shape index (κ1) is 13.8. The van der Waals surface area contributed by atoms with Crippen LogP contribution in [0, 0.1) is 0 Å². The number of imidazole rings is 1. The van der Waals surface area contributed by atoms with E-state index >= 15 is 0 Å². The van der Waals surface area contributed by atoms with Crippen LogP contribution in [0.3, 0.4) is 0 Å². The predicted molar refractivity (Wildman–Crippen MR) is 86.7 cm³/mol. The van der Waals surface area contributed by atoms with Crippen molar-refractivity contribution in [2.45, 2.75) is 10.6 Å². The summed E-state index contributed by atoms with van der Waals surface area (Å²) in [5.41, 5.74) is 2.04. The highest BCUT2D eigenvalue weighted by molar-refractivity contribution is 7.98. The number of benzene rings is 2. The Morgan fingerprint density at radius 1 is 1.05 bits per heavy atom. The lowest BCUT2D eigenvalue weighted by Crippen LogP contribution is -1.95. The van der Waals surface area contributed by atoms with Crippen LogP contribution in [0.5, 0.6) is 0 Å². The van der Waals surface area contributed by atoms with Crippen LogP contribution in [-0.4, -0.2) is 9.55 Å². The zero-order valence-electron chi connectivity index (χ0n) is 10.8. The second-order valence-corrected chi connectivity index (χ2v) is 6.38.